The molecule has 1 heterocycles. The number of aryl methyl sites for hydroxylation is 1. The van der Waals surface area contributed by atoms with Gasteiger partial charge in [-0.3, -0.25) is 4.79 Å². The summed E-state index contributed by atoms with van der Waals surface area (Å²) in [7, 11) is -3.24. The number of rotatable bonds is 5. The smallest absolute Gasteiger partial charge is 0.252 e. The van der Waals surface area contributed by atoms with Crippen LogP contribution >= 0.6 is 11.3 Å². The Bertz CT molecular complexity index is 824. The number of thiophene rings is 1. The van der Waals surface area contributed by atoms with E-state index in [1.807, 2.05) is 0 Å². The summed E-state index contributed by atoms with van der Waals surface area (Å²) in [5, 5.41) is 4.49. The lowest BCUT2D eigenvalue weighted by atomic mass is 9.98. The zero-order valence-electron chi connectivity index (χ0n) is 12.9. The van der Waals surface area contributed by atoms with Crippen LogP contribution in [0.2, 0.25) is 0 Å². The van der Waals surface area contributed by atoms with Crippen molar-refractivity contribution >= 4 is 27.1 Å². The third-order valence-electron chi connectivity index (χ3n) is 4.24. The van der Waals surface area contributed by atoms with E-state index in [1.54, 1.807) is 5.38 Å². The molecule has 0 fully saturated rings. The quantitative estimate of drug-likeness (QED) is 0.902. The van der Waals surface area contributed by atoms with Crippen LogP contribution in [0, 0.1) is 0 Å². The minimum atomic E-state index is -3.24. The number of hydrogen-bond acceptors (Lipinski definition) is 4. The fourth-order valence-corrected chi connectivity index (χ4v) is 4.84. The second-order valence-corrected chi connectivity index (χ2v) is 9.06. The Balaban J connectivity index is 1.55. The second-order valence-electron chi connectivity index (χ2n) is 5.91. The van der Waals surface area contributed by atoms with Gasteiger partial charge in [0, 0.05) is 18.2 Å². The topological polar surface area (TPSA) is 63.2 Å². The van der Waals surface area contributed by atoms with Gasteiger partial charge in [-0.25, -0.2) is 8.42 Å². The highest BCUT2D eigenvalue weighted by molar-refractivity contribution is 7.92. The molecule has 0 spiro atoms. The SMILES string of the molecule is CS(=O)(=O)c1cc(C(=O)NCCC2CCc3ccccc32)cs1. The van der Waals surface area contributed by atoms with E-state index in [9.17, 15) is 13.2 Å². The van der Waals surface area contributed by atoms with Crippen molar-refractivity contribution in [3.8, 4) is 0 Å². The fourth-order valence-electron chi connectivity index (χ4n) is 3.04. The Labute approximate surface area is 140 Å². The number of amides is 1. The Hall–Kier alpha value is -1.66. The van der Waals surface area contributed by atoms with Crippen molar-refractivity contribution in [1.82, 2.24) is 5.32 Å². The van der Waals surface area contributed by atoms with Crippen LogP contribution in [0.15, 0.2) is 39.9 Å². The lowest BCUT2D eigenvalue weighted by Gasteiger charge is -2.11. The summed E-state index contributed by atoms with van der Waals surface area (Å²) in [4.78, 5) is 12.1. The van der Waals surface area contributed by atoms with E-state index in [1.165, 1.54) is 17.2 Å². The molecule has 0 aliphatic heterocycles. The first-order valence-corrected chi connectivity index (χ1v) is 10.4. The molecule has 0 saturated heterocycles. The summed E-state index contributed by atoms with van der Waals surface area (Å²) in [5.74, 6) is 0.294. The molecular weight excluding hydrogens is 330 g/mol. The van der Waals surface area contributed by atoms with E-state index >= 15 is 0 Å². The van der Waals surface area contributed by atoms with E-state index in [-0.39, 0.29) is 10.1 Å². The average molecular weight is 349 g/mol. The normalized spacial score (nSPS) is 17.0. The third kappa shape index (κ3) is 3.64. The average Bonchev–Trinajstić information content (AvgIpc) is 3.14. The zero-order chi connectivity index (χ0) is 16.4. The molecule has 0 saturated carbocycles. The van der Waals surface area contributed by atoms with Crippen molar-refractivity contribution in [2.45, 2.75) is 29.4 Å². The summed E-state index contributed by atoms with van der Waals surface area (Å²) in [6.45, 7) is 0.599. The number of fused-ring (bicyclic) bond motifs is 1. The van der Waals surface area contributed by atoms with Crippen LogP contribution in [-0.4, -0.2) is 27.1 Å². The van der Waals surface area contributed by atoms with Crippen molar-refractivity contribution in [2.24, 2.45) is 0 Å². The van der Waals surface area contributed by atoms with Gasteiger partial charge in [0.25, 0.3) is 5.91 Å². The van der Waals surface area contributed by atoms with E-state index in [4.69, 9.17) is 0 Å². The van der Waals surface area contributed by atoms with E-state index in [0.29, 0.717) is 18.0 Å². The van der Waals surface area contributed by atoms with Gasteiger partial charge in [0.15, 0.2) is 9.84 Å². The molecule has 23 heavy (non-hydrogen) atoms. The molecule has 1 aliphatic rings. The predicted octanol–water partition coefficient (Wildman–Crippen LogP) is 3.00. The van der Waals surface area contributed by atoms with Crippen LogP contribution < -0.4 is 5.32 Å². The minimum absolute atomic E-state index is 0.206. The molecule has 1 amide bonds. The molecule has 0 bridgehead atoms. The Morgan fingerprint density at radius 1 is 1.35 bits per heavy atom. The first-order valence-electron chi connectivity index (χ1n) is 7.60. The molecule has 4 nitrogen and oxygen atoms in total. The van der Waals surface area contributed by atoms with Crippen LogP contribution in [0.1, 0.15) is 40.2 Å². The molecule has 6 heteroatoms. The van der Waals surface area contributed by atoms with Gasteiger partial charge < -0.3 is 5.32 Å². The predicted molar refractivity (Wildman–Crippen MR) is 91.9 cm³/mol. The molecule has 1 aliphatic carbocycles. The van der Waals surface area contributed by atoms with Gasteiger partial charge in [0.1, 0.15) is 4.21 Å². The van der Waals surface area contributed by atoms with Gasteiger partial charge in [-0.05, 0) is 42.4 Å². The van der Waals surface area contributed by atoms with Crippen molar-refractivity contribution < 1.29 is 13.2 Å². The van der Waals surface area contributed by atoms with Crippen LogP contribution in [0.5, 0.6) is 0 Å². The van der Waals surface area contributed by atoms with Gasteiger partial charge in [-0.15, -0.1) is 11.3 Å². The van der Waals surface area contributed by atoms with Crippen molar-refractivity contribution in [3.05, 3.63) is 52.4 Å². The first-order chi connectivity index (χ1) is 10.9. The number of carbonyl (C=O) groups is 1. The van der Waals surface area contributed by atoms with E-state index < -0.39 is 9.84 Å². The third-order valence-corrected chi connectivity index (χ3v) is 7.01. The van der Waals surface area contributed by atoms with Gasteiger partial charge in [-0.1, -0.05) is 24.3 Å². The Morgan fingerprint density at radius 2 is 2.13 bits per heavy atom. The standard InChI is InChI=1S/C17H19NO3S2/c1-23(20,21)16-10-14(11-22-16)17(19)18-9-8-13-7-6-12-4-2-3-5-15(12)13/h2-5,10-11,13H,6-9H2,1H3,(H,18,19). The van der Waals surface area contributed by atoms with Crippen molar-refractivity contribution in [2.75, 3.05) is 12.8 Å². The number of nitrogens with one attached hydrogen (secondary N) is 1. The highest BCUT2D eigenvalue weighted by Crippen LogP contribution is 2.34. The maximum Gasteiger partial charge on any atom is 0.252 e. The lowest BCUT2D eigenvalue weighted by molar-refractivity contribution is 0.0953. The van der Waals surface area contributed by atoms with E-state index in [0.717, 1.165) is 36.9 Å². The fraction of sp³-hybridized carbons (Fsp3) is 0.353. The second kappa shape index (κ2) is 6.45. The maximum absolute atomic E-state index is 12.1. The van der Waals surface area contributed by atoms with Crippen LogP contribution in [0.3, 0.4) is 0 Å². The molecule has 2 aromatic rings. The number of sulfone groups is 1. The van der Waals surface area contributed by atoms with Crippen molar-refractivity contribution in [1.29, 1.82) is 0 Å². The molecule has 1 aromatic heterocycles. The van der Waals surface area contributed by atoms with Crippen LogP contribution in [-0.2, 0) is 16.3 Å². The minimum Gasteiger partial charge on any atom is -0.352 e. The molecule has 3 rings (SSSR count). The molecule has 0 radical (unpaired) electrons. The Kier molecular flexibility index (Phi) is 4.55. The summed E-state index contributed by atoms with van der Waals surface area (Å²) in [5.41, 5.74) is 3.23. The van der Waals surface area contributed by atoms with Crippen LogP contribution in [0.4, 0.5) is 0 Å². The molecule has 1 atom stereocenters. The maximum atomic E-state index is 12.1. The highest BCUT2D eigenvalue weighted by Gasteiger charge is 2.21. The number of carbonyl (C=O) groups excluding carboxylic acids is 1. The lowest BCUT2D eigenvalue weighted by Crippen LogP contribution is -2.25. The van der Waals surface area contributed by atoms with Gasteiger partial charge >= 0.3 is 0 Å². The molecule has 1 unspecified atom stereocenters. The summed E-state index contributed by atoms with van der Waals surface area (Å²) < 4.78 is 23.1. The largest absolute Gasteiger partial charge is 0.352 e. The van der Waals surface area contributed by atoms with E-state index in [2.05, 4.69) is 29.6 Å². The van der Waals surface area contributed by atoms with Gasteiger partial charge in [0.05, 0.1) is 5.56 Å². The number of hydrogen-bond donors (Lipinski definition) is 1. The monoisotopic (exact) mass is 349 g/mol. The zero-order valence-corrected chi connectivity index (χ0v) is 14.5. The molecular formula is C17H19NO3S2. The molecule has 122 valence electrons. The highest BCUT2D eigenvalue weighted by atomic mass is 32.2. The van der Waals surface area contributed by atoms with Crippen LogP contribution in [0.25, 0.3) is 0 Å². The Morgan fingerprint density at radius 3 is 2.87 bits per heavy atom. The summed E-state index contributed by atoms with van der Waals surface area (Å²) in [6, 6.07) is 9.92. The number of benzene rings is 1. The first kappa shape index (κ1) is 16.2. The molecule has 1 N–H and O–H groups in total. The van der Waals surface area contributed by atoms with Gasteiger partial charge in [0.2, 0.25) is 0 Å². The van der Waals surface area contributed by atoms with Crippen molar-refractivity contribution in [3.63, 3.8) is 0 Å². The summed E-state index contributed by atoms with van der Waals surface area (Å²) >= 11 is 1.09. The molecule has 1 aromatic carbocycles. The van der Waals surface area contributed by atoms with Gasteiger partial charge in [-0.2, -0.15) is 0 Å². The summed E-state index contributed by atoms with van der Waals surface area (Å²) in [6.07, 6.45) is 4.30.